The fourth-order valence-electron chi connectivity index (χ4n) is 5.11. The van der Waals surface area contributed by atoms with Crippen molar-refractivity contribution in [2.45, 2.75) is 46.5 Å². The van der Waals surface area contributed by atoms with Crippen LogP contribution in [0.1, 0.15) is 57.6 Å². The largest absolute Gasteiger partial charge is 0.508 e. The molecule has 0 atom stereocenters. The first-order valence-corrected chi connectivity index (χ1v) is 18.4. The number of carbonyl (C=O) groups is 2. The summed E-state index contributed by atoms with van der Waals surface area (Å²) in [4.78, 5) is 46.2. The number of hydrogen-bond acceptors (Lipinski definition) is 9. The molecule has 11 heteroatoms. The highest BCUT2D eigenvalue weighted by Gasteiger charge is 2.15. The van der Waals surface area contributed by atoms with Gasteiger partial charge in [0.05, 0.1) is 6.61 Å². The number of phenolic OH excluding ortho intramolecular Hbond substituents is 1. The van der Waals surface area contributed by atoms with Gasteiger partial charge in [-0.25, -0.2) is 4.79 Å². The van der Waals surface area contributed by atoms with Crippen molar-refractivity contribution in [1.82, 2.24) is 0 Å². The lowest BCUT2D eigenvalue weighted by Gasteiger charge is -2.13. The number of rotatable bonds is 7. The molecule has 0 aliphatic carbocycles. The second kappa shape index (κ2) is 16.9. The van der Waals surface area contributed by atoms with Crippen LogP contribution in [0.3, 0.4) is 0 Å². The molecule has 0 radical (unpaired) electrons. The van der Waals surface area contributed by atoms with Crippen LogP contribution in [0.2, 0.25) is 0 Å². The molecule has 0 bridgehead atoms. The van der Waals surface area contributed by atoms with E-state index in [1.54, 1.807) is 47.8 Å². The number of esters is 1. The highest BCUT2D eigenvalue weighted by Crippen LogP contribution is 2.35. The maximum atomic E-state index is 12.8. The molecule has 6 rings (SSSR count). The first-order chi connectivity index (χ1) is 23.4. The number of carboxylic acid groups (broad SMARTS) is 1. The zero-order valence-corrected chi connectivity index (χ0v) is 31.0. The number of carbonyl (C=O) groups excluding carboxylic acids is 1. The predicted octanol–water partition coefficient (Wildman–Crippen LogP) is 9.19. The highest BCUT2D eigenvalue weighted by atomic mass is 79.9. The van der Waals surface area contributed by atoms with E-state index >= 15 is 0 Å². The van der Waals surface area contributed by atoms with Gasteiger partial charge in [-0.15, -0.1) is 22.7 Å². The number of fused-ring (bicyclic) bond motifs is 4. The Morgan fingerprint density at radius 1 is 0.755 bits per heavy atom. The van der Waals surface area contributed by atoms with Crippen LogP contribution in [0.5, 0.6) is 11.5 Å². The maximum Gasteiger partial charge on any atom is 0.341 e. The predicted molar refractivity (Wildman–Crippen MR) is 205 cm³/mol. The molecule has 8 nitrogen and oxygen atoms in total. The lowest BCUT2D eigenvalue weighted by atomic mass is 10.0. The monoisotopic (exact) mass is 764 g/mol. The summed E-state index contributed by atoms with van der Waals surface area (Å²) in [6.45, 7) is 10.0. The van der Waals surface area contributed by atoms with Crippen molar-refractivity contribution in [2.24, 2.45) is 0 Å². The smallest absolute Gasteiger partial charge is 0.341 e. The van der Waals surface area contributed by atoms with Crippen molar-refractivity contribution >= 4 is 90.9 Å². The summed E-state index contributed by atoms with van der Waals surface area (Å²) >= 11 is 6.14. The van der Waals surface area contributed by atoms with Crippen LogP contribution in [-0.2, 0) is 14.3 Å². The SMILES string of the molecule is CC(C)c1cc(O)cc2c(=O)c3ccccc3sc12.CC(C)c1cc(OCC(=O)O)cc2c(=O)c3ccccc3sc12.CCOC(=O)CBr. The van der Waals surface area contributed by atoms with Crippen LogP contribution in [0.15, 0.2) is 82.4 Å². The lowest BCUT2D eigenvalue weighted by Crippen LogP contribution is -2.10. The summed E-state index contributed by atoms with van der Waals surface area (Å²) in [6, 6.07) is 22.0. The standard InChI is InChI=1S/C18H16O4S.C16H14O2S.C4H7BrO2/c1-10(2)13-7-11(22-9-16(19)20)8-14-17(21)12-5-3-4-6-15(12)23-18(13)14;1-9(2)12-7-10(17)8-13-15(18)11-5-3-4-6-14(11)19-16(12)13;1-2-7-4(6)3-5/h3-8,10H,9H2,1-2H3,(H,19,20);3-9,17H,1-2H3;2-3H2,1H3. The van der Waals surface area contributed by atoms with Crippen molar-refractivity contribution in [3.63, 3.8) is 0 Å². The first-order valence-electron chi connectivity index (χ1n) is 15.6. The average molecular weight is 766 g/mol. The van der Waals surface area contributed by atoms with Gasteiger partial charge in [-0.2, -0.15) is 0 Å². The third-order valence-electron chi connectivity index (χ3n) is 7.39. The Morgan fingerprint density at radius 3 is 1.69 bits per heavy atom. The summed E-state index contributed by atoms with van der Waals surface area (Å²) in [5.41, 5.74) is 1.98. The molecule has 49 heavy (non-hydrogen) atoms. The topological polar surface area (TPSA) is 127 Å². The number of hydrogen-bond donors (Lipinski definition) is 2. The normalized spacial score (nSPS) is 10.9. The molecule has 2 N–H and O–H groups in total. The minimum Gasteiger partial charge on any atom is -0.508 e. The Kier molecular flexibility index (Phi) is 12.9. The second-order valence-corrected chi connectivity index (χ2v) is 14.3. The number of aromatic hydroxyl groups is 1. The number of aliphatic carboxylic acids is 1. The van der Waals surface area contributed by atoms with E-state index < -0.39 is 12.6 Å². The van der Waals surface area contributed by atoms with Crippen LogP contribution in [-0.4, -0.2) is 40.7 Å². The van der Waals surface area contributed by atoms with E-state index in [1.165, 1.54) is 0 Å². The lowest BCUT2D eigenvalue weighted by molar-refractivity contribution is -0.140. The van der Waals surface area contributed by atoms with E-state index in [0.717, 1.165) is 35.3 Å². The Morgan fingerprint density at radius 2 is 1.24 bits per heavy atom. The molecule has 0 spiro atoms. The van der Waals surface area contributed by atoms with Crippen LogP contribution in [0.25, 0.3) is 40.3 Å². The summed E-state index contributed by atoms with van der Waals surface area (Å²) in [7, 11) is 0. The molecule has 0 aliphatic rings. The summed E-state index contributed by atoms with van der Waals surface area (Å²) < 4.78 is 13.7. The van der Waals surface area contributed by atoms with Crippen LogP contribution in [0.4, 0.5) is 0 Å². The van der Waals surface area contributed by atoms with E-state index in [-0.39, 0.29) is 34.4 Å². The fourth-order valence-corrected chi connectivity index (χ4v) is 7.89. The summed E-state index contributed by atoms with van der Waals surface area (Å²) in [6.07, 6.45) is 0. The van der Waals surface area contributed by atoms with Crippen molar-refractivity contribution in [3.8, 4) is 11.5 Å². The van der Waals surface area contributed by atoms with E-state index in [9.17, 15) is 24.3 Å². The Balaban J connectivity index is 0.000000188. The molecule has 0 unspecified atom stereocenters. The quantitative estimate of drug-likeness (QED) is 0.0936. The number of phenols is 1. The number of ether oxygens (including phenoxy) is 2. The van der Waals surface area contributed by atoms with Gasteiger partial charge in [0.15, 0.2) is 17.5 Å². The summed E-state index contributed by atoms with van der Waals surface area (Å²) in [5, 5.41) is 21.5. The second-order valence-electron chi connectivity index (χ2n) is 11.6. The third-order valence-corrected chi connectivity index (χ3v) is 10.3. The first kappa shape index (κ1) is 37.5. The van der Waals surface area contributed by atoms with Crippen molar-refractivity contribution < 1.29 is 29.3 Å². The summed E-state index contributed by atoms with van der Waals surface area (Å²) in [5.74, 6) is -0.199. The van der Waals surface area contributed by atoms with Crippen LogP contribution < -0.4 is 15.6 Å². The number of alkyl halides is 1. The molecule has 0 aliphatic heterocycles. The zero-order valence-electron chi connectivity index (χ0n) is 27.7. The molecule has 0 fully saturated rings. The van der Waals surface area contributed by atoms with Crippen molar-refractivity contribution in [1.29, 1.82) is 0 Å². The van der Waals surface area contributed by atoms with Crippen molar-refractivity contribution in [2.75, 3.05) is 18.5 Å². The van der Waals surface area contributed by atoms with Gasteiger partial charge in [-0.05, 0) is 78.4 Å². The van der Waals surface area contributed by atoms with Gasteiger partial charge in [0.2, 0.25) is 0 Å². The van der Waals surface area contributed by atoms with Gasteiger partial charge in [0.25, 0.3) is 0 Å². The van der Waals surface area contributed by atoms with E-state index in [0.29, 0.717) is 33.8 Å². The fraction of sp³-hybridized carbons (Fsp3) is 0.263. The average Bonchev–Trinajstić information content (AvgIpc) is 3.08. The zero-order chi connectivity index (χ0) is 35.8. The van der Waals surface area contributed by atoms with Crippen LogP contribution >= 0.6 is 38.6 Å². The van der Waals surface area contributed by atoms with Gasteiger partial charge in [-0.3, -0.25) is 14.4 Å². The molecule has 2 aromatic heterocycles. The molecule has 0 saturated carbocycles. The number of carboxylic acids is 1. The number of benzene rings is 4. The van der Waals surface area contributed by atoms with E-state index in [1.807, 2.05) is 68.4 Å². The molecular formula is C38H37BrO8S2. The van der Waals surface area contributed by atoms with E-state index in [2.05, 4.69) is 34.5 Å². The molecule has 256 valence electrons. The van der Waals surface area contributed by atoms with Gasteiger partial charge in [0.1, 0.15) is 16.8 Å². The molecule has 0 saturated heterocycles. The molecule has 0 amide bonds. The van der Waals surface area contributed by atoms with Crippen molar-refractivity contribution in [3.05, 3.63) is 104 Å². The molecule has 2 heterocycles. The van der Waals surface area contributed by atoms with Gasteiger partial charge in [-0.1, -0.05) is 67.9 Å². The van der Waals surface area contributed by atoms with Gasteiger partial charge >= 0.3 is 11.9 Å². The van der Waals surface area contributed by atoms with Gasteiger partial charge in [0, 0.05) is 40.3 Å². The Bertz CT molecular complexity index is 2260. The Hall–Kier alpha value is -4.32. The van der Waals surface area contributed by atoms with Gasteiger partial charge < -0.3 is 19.7 Å². The Labute approximate surface area is 299 Å². The minimum absolute atomic E-state index is 0.00199. The van der Waals surface area contributed by atoms with Crippen LogP contribution in [0, 0.1) is 0 Å². The molecular weight excluding hydrogens is 728 g/mol. The highest BCUT2D eigenvalue weighted by molar-refractivity contribution is 9.09. The van der Waals surface area contributed by atoms with E-state index in [4.69, 9.17) is 9.84 Å². The number of halogens is 1. The maximum absolute atomic E-state index is 12.8. The minimum atomic E-state index is -1.04. The molecule has 6 aromatic rings. The molecule has 4 aromatic carbocycles. The third kappa shape index (κ3) is 9.03.